The molecule has 0 aliphatic rings. The molecule has 0 N–H and O–H groups in total. The first kappa shape index (κ1) is 71.3. The smallest absolute Gasteiger partial charge is 0.125 e. The fourth-order valence-corrected chi connectivity index (χ4v) is 2.79. The maximum Gasteiger partial charge on any atom is 0.125 e. The van der Waals surface area contributed by atoms with Gasteiger partial charge in [0, 0.05) is 73.4 Å². The van der Waals surface area contributed by atoms with Crippen molar-refractivity contribution in [2.75, 3.05) is 0 Å². The van der Waals surface area contributed by atoms with Gasteiger partial charge in [-0.1, -0.05) is 109 Å². The molecule has 63 heavy (non-hydrogen) atoms. The van der Waals surface area contributed by atoms with Crippen LogP contribution in [0.25, 0.3) is 0 Å². The van der Waals surface area contributed by atoms with Crippen LogP contribution in [0.5, 0.6) is 0 Å². The summed E-state index contributed by atoms with van der Waals surface area (Å²) in [6.45, 7) is 41.7. The Morgan fingerprint density at radius 1 is 0.286 bits per heavy atom. The molecule has 350 valence electrons. The predicted octanol–water partition coefficient (Wildman–Crippen LogP) is 14.5. The summed E-state index contributed by atoms with van der Waals surface area (Å²) in [5.74, 6) is 0.822. The van der Waals surface area contributed by atoms with Gasteiger partial charge in [-0.2, -0.15) is 20.4 Å². The van der Waals surface area contributed by atoms with Gasteiger partial charge in [0.15, 0.2) is 0 Å². The minimum absolute atomic E-state index is 0.822. The summed E-state index contributed by atoms with van der Waals surface area (Å²) < 4.78 is 0. The highest BCUT2D eigenvalue weighted by Gasteiger charge is 1.78. The first-order valence-electron chi connectivity index (χ1n) is 22.3. The van der Waals surface area contributed by atoms with Crippen molar-refractivity contribution >= 4 is 0 Å². The van der Waals surface area contributed by atoms with Gasteiger partial charge >= 0.3 is 0 Å². The fourth-order valence-electron chi connectivity index (χ4n) is 2.79. The third-order valence-corrected chi connectivity index (χ3v) is 5.33. The van der Waals surface area contributed by atoms with E-state index in [2.05, 4.69) is 55.3 Å². The zero-order valence-corrected chi connectivity index (χ0v) is 43.3. The van der Waals surface area contributed by atoms with Crippen LogP contribution in [0.3, 0.4) is 0 Å². The number of rotatable bonds is 0. The molecule has 0 atom stereocenters. The molecule has 0 saturated heterocycles. The van der Waals surface area contributed by atoms with Crippen molar-refractivity contribution in [2.24, 2.45) is 0 Å². The number of pyridine rings is 3. The highest BCUT2D eigenvalue weighted by Crippen LogP contribution is 1.90. The molecule has 7 aromatic heterocycles. The van der Waals surface area contributed by atoms with Gasteiger partial charge in [0.25, 0.3) is 0 Å². The lowest BCUT2D eigenvalue weighted by molar-refractivity contribution is 0.980. The first-order chi connectivity index (χ1) is 30.8. The van der Waals surface area contributed by atoms with Gasteiger partial charge in [0.1, 0.15) is 12.2 Å². The van der Waals surface area contributed by atoms with Crippen molar-refractivity contribution in [3.05, 3.63) is 187 Å². The molecule has 0 spiro atoms. The van der Waals surface area contributed by atoms with Gasteiger partial charge in [-0.05, 0) is 126 Å². The Morgan fingerprint density at radius 2 is 0.778 bits per heavy atom. The van der Waals surface area contributed by atoms with E-state index in [0.717, 1.165) is 28.5 Å². The molecule has 0 fully saturated rings. The minimum atomic E-state index is 0.822. The van der Waals surface area contributed by atoms with Crippen LogP contribution in [0.4, 0.5) is 0 Å². The molecule has 7 rings (SSSR count). The van der Waals surface area contributed by atoms with Crippen LogP contribution < -0.4 is 0 Å². The van der Waals surface area contributed by atoms with Crippen LogP contribution in [-0.4, -0.2) is 55.3 Å². The van der Waals surface area contributed by atoms with Crippen LogP contribution in [0, 0.1) is 48.5 Å². The zero-order chi connectivity index (χ0) is 49.8. The second kappa shape index (κ2) is 67.5. The molecule has 0 amide bonds. The number of hydrogen-bond donors (Lipinski definition) is 0. The van der Waals surface area contributed by atoms with Crippen molar-refractivity contribution in [2.45, 2.75) is 145 Å². The van der Waals surface area contributed by atoms with Crippen molar-refractivity contribution in [1.82, 2.24) is 55.3 Å². The van der Waals surface area contributed by atoms with E-state index in [1.165, 1.54) is 17.5 Å². The number of nitrogens with zero attached hydrogens (tertiary/aromatic N) is 11. The summed E-state index contributed by atoms with van der Waals surface area (Å²) in [7, 11) is 0. The molecular weight excluding hydrogens is 779 g/mol. The third-order valence-electron chi connectivity index (χ3n) is 5.33. The Hall–Kier alpha value is -6.23. The molecule has 11 heteroatoms. The molecule has 0 saturated carbocycles. The Balaban J connectivity index is -0.000000111. The Bertz CT molecular complexity index is 1320. The van der Waals surface area contributed by atoms with E-state index in [1.807, 2.05) is 218 Å². The highest BCUT2D eigenvalue weighted by molar-refractivity contribution is 5.06. The van der Waals surface area contributed by atoms with E-state index in [9.17, 15) is 0 Å². The molecule has 0 bridgehead atoms. The zero-order valence-electron chi connectivity index (χ0n) is 43.3. The van der Waals surface area contributed by atoms with Crippen LogP contribution in [0.2, 0.25) is 0 Å². The molecule has 0 aliphatic heterocycles. The van der Waals surface area contributed by atoms with Crippen LogP contribution in [0.1, 0.15) is 137 Å². The maximum absolute atomic E-state index is 3.98. The lowest BCUT2D eigenvalue weighted by atomic mass is 10.3. The van der Waals surface area contributed by atoms with E-state index >= 15 is 0 Å². The summed E-state index contributed by atoms with van der Waals surface area (Å²) in [6.07, 6.45) is 20.7. The lowest BCUT2D eigenvalue weighted by Gasteiger charge is -1.82. The molecule has 7 aromatic rings. The SMILES string of the molecule is CC.CC.CC.CC.CC.CC.CC.Cc1ccccn1.Cc1cccnc1.Cc1cccnn1.Cc1ccncc1.Cc1ccncn1.Cc1ccnnc1.Cc1ncccn1. The highest BCUT2D eigenvalue weighted by atomic mass is 15.1. The Kier molecular flexibility index (Phi) is 76.4. The van der Waals surface area contributed by atoms with Gasteiger partial charge in [0.05, 0.1) is 11.9 Å². The summed E-state index contributed by atoms with van der Waals surface area (Å²) in [6, 6.07) is 23.1. The third kappa shape index (κ3) is 65.1. The van der Waals surface area contributed by atoms with Crippen molar-refractivity contribution in [3.63, 3.8) is 0 Å². The monoisotopic (exact) mass is 866 g/mol. The van der Waals surface area contributed by atoms with Crippen molar-refractivity contribution in [3.8, 4) is 0 Å². The molecule has 0 aliphatic carbocycles. The van der Waals surface area contributed by atoms with E-state index in [4.69, 9.17) is 0 Å². The summed E-state index contributed by atoms with van der Waals surface area (Å²) in [5.41, 5.74) is 6.66. The van der Waals surface area contributed by atoms with Crippen molar-refractivity contribution < 1.29 is 0 Å². The molecule has 7 heterocycles. The normalized spacial score (nSPS) is 7.44. The summed E-state index contributed by atoms with van der Waals surface area (Å²) in [4.78, 5) is 27.0. The van der Waals surface area contributed by atoms with Crippen molar-refractivity contribution in [1.29, 1.82) is 0 Å². The minimum Gasteiger partial charge on any atom is -0.265 e. The molecular formula is C52H87N11. The fraction of sp³-hybridized carbons (Fsp3) is 0.404. The van der Waals surface area contributed by atoms with Gasteiger partial charge < -0.3 is 0 Å². The van der Waals surface area contributed by atoms with E-state index in [-0.39, 0.29) is 0 Å². The largest absolute Gasteiger partial charge is 0.265 e. The second-order valence-corrected chi connectivity index (χ2v) is 9.96. The maximum atomic E-state index is 3.98. The summed E-state index contributed by atoms with van der Waals surface area (Å²) >= 11 is 0. The molecule has 0 aromatic carbocycles. The van der Waals surface area contributed by atoms with Gasteiger partial charge in [-0.15, -0.1) is 0 Å². The van der Waals surface area contributed by atoms with E-state index < -0.39 is 0 Å². The average Bonchev–Trinajstić information content (AvgIpc) is 3.36. The average molecular weight is 866 g/mol. The topological polar surface area (TPSA) is 142 Å². The number of aryl methyl sites for hydroxylation is 7. The molecule has 0 radical (unpaired) electrons. The molecule has 11 nitrogen and oxygen atoms in total. The quantitative estimate of drug-likeness (QED) is 0.144. The predicted molar refractivity (Wildman–Crippen MR) is 273 cm³/mol. The lowest BCUT2D eigenvalue weighted by Crippen LogP contribution is -1.80. The second-order valence-electron chi connectivity index (χ2n) is 9.96. The van der Waals surface area contributed by atoms with E-state index in [1.54, 1.807) is 68.0 Å². The number of hydrogen-bond acceptors (Lipinski definition) is 11. The van der Waals surface area contributed by atoms with Crippen LogP contribution in [0.15, 0.2) is 147 Å². The van der Waals surface area contributed by atoms with Gasteiger partial charge in [0.2, 0.25) is 0 Å². The van der Waals surface area contributed by atoms with Crippen LogP contribution >= 0.6 is 0 Å². The van der Waals surface area contributed by atoms with Crippen LogP contribution in [-0.2, 0) is 0 Å². The van der Waals surface area contributed by atoms with Gasteiger partial charge in [-0.25, -0.2) is 19.9 Å². The first-order valence-corrected chi connectivity index (χ1v) is 22.3. The standard InChI is InChI=1S/3C6H7N.4C5H6N2.7C2H6/c1-6-2-4-7-5-3-6;1-6-3-2-4-7-5-6;1-6-4-2-3-5-7-6;1-5-2-3-6-4-7-5;1-5-2-3-6-7-4-5;1-5-6-3-2-4-7-5;1-5-3-2-4-6-7-5;7*1-2/h3*2-5H,1H3;4*2-4H,1H3;7*1-2H3. The Morgan fingerprint density at radius 3 is 1.00 bits per heavy atom. The summed E-state index contributed by atoms with van der Waals surface area (Å²) in [5, 5.41) is 14.6. The van der Waals surface area contributed by atoms with Gasteiger partial charge in [-0.3, -0.25) is 15.0 Å². The number of aromatic nitrogens is 11. The van der Waals surface area contributed by atoms with E-state index in [0.29, 0.717) is 0 Å². The molecule has 0 unspecified atom stereocenters. The Labute approximate surface area is 386 Å².